The zero-order valence-corrected chi connectivity index (χ0v) is 20.8. The summed E-state index contributed by atoms with van der Waals surface area (Å²) in [7, 11) is 4.03. The molecule has 0 bridgehead atoms. The van der Waals surface area contributed by atoms with Gasteiger partial charge in [-0.25, -0.2) is 14.3 Å². The summed E-state index contributed by atoms with van der Waals surface area (Å²) in [5.74, 6) is -0.285. The molecule has 8 nitrogen and oxygen atoms in total. The number of hydrogen-bond acceptors (Lipinski definition) is 7. The molecule has 0 spiro atoms. The SMILES string of the molecule is COC(=O)c1c(-c2cc3oc(C)c(-c4ccccc4)c3cc2OC)nn(-c2ccccc2)c1C(=O)OC. The van der Waals surface area contributed by atoms with Crippen LogP contribution in [0.2, 0.25) is 0 Å². The lowest BCUT2D eigenvalue weighted by Crippen LogP contribution is -2.15. The van der Waals surface area contributed by atoms with Crippen LogP contribution in [0.3, 0.4) is 0 Å². The van der Waals surface area contributed by atoms with Crippen LogP contribution >= 0.6 is 0 Å². The van der Waals surface area contributed by atoms with E-state index in [4.69, 9.17) is 18.6 Å². The molecule has 2 heterocycles. The highest BCUT2D eigenvalue weighted by Crippen LogP contribution is 2.42. The van der Waals surface area contributed by atoms with E-state index in [2.05, 4.69) is 5.10 Å². The van der Waals surface area contributed by atoms with Gasteiger partial charge in [-0.2, -0.15) is 5.10 Å². The second-order valence-electron chi connectivity index (χ2n) is 8.25. The van der Waals surface area contributed by atoms with Gasteiger partial charge in [-0.3, -0.25) is 0 Å². The van der Waals surface area contributed by atoms with Crippen LogP contribution in [0.4, 0.5) is 0 Å². The van der Waals surface area contributed by atoms with E-state index in [0.717, 1.165) is 22.3 Å². The van der Waals surface area contributed by atoms with E-state index in [1.165, 1.54) is 26.0 Å². The third-order valence-electron chi connectivity index (χ3n) is 6.16. The summed E-state index contributed by atoms with van der Waals surface area (Å²) in [6.07, 6.45) is 0. The molecule has 5 rings (SSSR count). The fourth-order valence-electron chi connectivity index (χ4n) is 4.51. The van der Waals surface area contributed by atoms with Gasteiger partial charge < -0.3 is 18.6 Å². The molecule has 0 aliphatic rings. The van der Waals surface area contributed by atoms with Gasteiger partial charge in [-0.05, 0) is 36.8 Å². The average Bonchev–Trinajstić information content (AvgIpc) is 3.49. The Morgan fingerprint density at radius 1 is 0.865 bits per heavy atom. The number of para-hydroxylation sites is 1. The van der Waals surface area contributed by atoms with E-state index in [1.807, 2.05) is 49.4 Å². The van der Waals surface area contributed by atoms with E-state index in [9.17, 15) is 9.59 Å². The normalized spacial score (nSPS) is 10.9. The Morgan fingerprint density at radius 3 is 2.14 bits per heavy atom. The van der Waals surface area contributed by atoms with Crippen molar-refractivity contribution < 1.29 is 28.2 Å². The molecule has 0 saturated carbocycles. The van der Waals surface area contributed by atoms with Crippen LogP contribution in [0.25, 0.3) is 39.0 Å². The van der Waals surface area contributed by atoms with E-state index >= 15 is 0 Å². The minimum atomic E-state index is -0.736. The van der Waals surface area contributed by atoms with Crippen molar-refractivity contribution in [2.24, 2.45) is 0 Å². The third-order valence-corrected chi connectivity index (χ3v) is 6.16. The minimum Gasteiger partial charge on any atom is -0.496 e. The molecule has 37 heavy (non-hydrogen) atoms. The summed E-state index contributed by atoms with van der Waals surface area (Å²) in [5, 5.41) is 5.53. The summed E-state index contributed by atoms with van der Waals surface area (Å²) in [5.41, 5.74) is 3.66. The Bertz CT molecular complexity index is 1620. The number of furan rings is 1. The molecular formula is C29H24N2O6. The van der Waals surface area contributed by atoms with Crippen molar-refractivity contribution in [2.75, 3.05) is 21.3 Å². The highest BCUT2D eigenvalue weighted by atomic mass is 16.5. The monoisotopic (exact) mass is 496 g/mol. The van der Waals surface area contributed by atoms with E-state index < -0.39 is 11.9 Å². The number of benzene rings is 3. The predicted molar refractivity (Wildman–Crippen MR) is 138 cm³/mol. The molecule has 186 valence electrons. The standard InChI is InChI=1S/C29H24N2O6/c1-17-24(18-11-7-5-8-12-18)20-15-22(34-2)21(16-23(20)37-17)26-25(28(32)35-3)27(29(33)36-4)31(30-26)19-13-9-6-10-14-19/h5-16H,1-4H3. The Morgan fingerprint density at radius 2 is 1.51 bits per heavy atom. The van der Waals surface area contributed by atoms with Crippen LogP contribution in [0.15, 0.2) is 77.2 Å². The van der Waals surface area contributed by atoms with Crippen molar-refractivity contribution in [3.05, 3.63) is 89.8 Å². The molecule has 0 atom stereocenters. The second-order valence-corrected chi connectivity index (χ2v) is 8.25. The van der Waals surface area contributed by atoms with Crippen LogP contribution in [-0.4, -0.2) is 43.0 Å². The number of ether oxygens (including phenoxy) is 3. The fourth-order valence-corrected chi connectivity index (χ4v) is 4.51. The topological polar surface area (TPSA) is 92.8 Å². The largest absolute Gasteiger partial charge is 0.496 e. The number of carbonyl (C=O) groups is 2. The first-order valence-corrected chi connectivity index (χ1v) is 11.5. The molecule has 0 aliphatic heterocycles. The molecule has 0 unspecified atom stereocenters. The molecule has 0 amide bonds. The molecule has 0 saturated heterocycles. The molecular weight excluding hydrogens is 472 g/mol. The van der Waals surface area contributed by atoms with Crippen molar-refractivity contribution >= 4 is 22.9 Å². The third kappa shape index (κ3) is 4.02. The van der Waals surface area contributed by atoms with Crippen molar-refractivity contribution in [3.8, 4) is 33.8 Å². The summed E-state index contributed by atoms with van der Waals surface area (Å²) in [6.45, 7) is 1.90. The lowest BCUT2D eigenvalue weighted by molar-refractivity contribution is 0.0549. The van der Waals surface area contributed by atoms with Gasteiger partial charge in [0.25, 0.3) is 0 Å². The van der Waals surface area contributed by atoms with Gasteiger partial charge in [0.1, 0.15) is 28.4 Å². The van der Waals surface area contributed by atoms with Crippen LogP contribution in [0.5, 0.6) is 5.75 Å². The number of rotatable bonds is 6. The smallest absolute Gasteiger partial charge is 0.357 e. The quantitative estimate of drug-likeness (QED) is 0.273. The maximum atomic E-state index is 13.1. The van der Waals surface area contributed by atoms with Crippen molar-refractivity contribution in [3.63, 3.8) is 0 Å². The van der Waals surface area contributed by atoms with Gasteiger partial charge in [0, 0.05) is 16.5 Å². The summed E-state index contributed by atoms with van der Waals surface area (Å²) in [4.78, 5) is 26.0. The number of aryl methyl sites for hydroxylation is 1. The average molecular weight is 497 g/mol. The van der Waals surface area contributed by atoms with Crippen molar-refractivity contribution in [1.29, 1.82) is 0 Å². The Hall–Kier alpha value is -4.85. The molecule has 8 heteroatoms. The number of nitrogens with zero attached hydrogens (tertiary/aromatic N) is 2. The van der Waals surface area contributed by atoms with Gasteiger partial charge >= 0.3 is 11.9 Å². The Kier molecular flexibility index (Phi) is 6.23. The molecule has 0 N–H and O–H groups in total. The van der Waals surface area contributed by atoms with Crippen LogP contribution in [-0.2, 0) is 9.47 Å². The summed E-state index contributed by atoms with van der Waals surface area (Å²) < 4.78 is 23.3. The lowest BCUT2D eigenvalue weighted by Gasteiger charge is -2.09. The van der Waals surface area contributed by atoms with Crippen molar-refractivity contribution in [2.45, 2.75) is 6.92 Å². The van der Waals surface area contributed by atoms with Gasteiger partial charge in [0.15, 0.2) is 5.69 Å². The number of hydrogen-bond donors (Lipinski definition) is 0. The van der Waals surface area contributed by atoms with Crippen LogP contribution in [0, 0.1) is 6.92 Å². The van der Waals surface area contributed by atoms with E-state index in [0.29, 0.717) is 22.6 Å². The molecule has 0 fully saturated rings. The maximum Gasteiger partial charge on any atom is 0.357 e. The number of methoxy groups -OCH3 is 3. The highest BCUT2D eigenvalue weighted by molar-refractivity contribution is 6.08. The first-order chi connectivity index (χ1) is 18.0. The predicted octanol–water partition coefficient (Wildman–Crippen LogP) is 5.84. The Balaban J connectivity index is 1.82. The van der Waals surface area contributed by atoms with Gasteiger partial charge in [-0.15, -0.1) is 0 Å². The Labute approximate surface area is 213 Å². The summed E-state index contributed by atoms with van der Waals surface area (Å²) >= 11 is 0. The van der Waals surface area contributed by atoms with E-state index in [-0.39, 0.29) is 17.0 Å². The second kappa shape index (κ2) is 9.66. The molecule has 2 aromatic heterocycles. The zero-order chi connectivity index (χ0) is 26.1. The number of carbonyl (C=O) groups excluding carboxylic acids is 2. The molecule has 3 aromatic carbocycles. The zero-order valence-electron chi connectivity index (χ0n) is 20.8. The maximum absolute atomic E-state index is 13.1. The van der Waals surface area contributed by atoms with Crippen LogP contribution < -0.4 is 4.74 Å². The highest BCUT2D eigenvalue weighted by Gasteiger charge is 2.33. The number of fused-ring (bicyclic) bond motifs is 1. The molecule has 0 radical (unpaired) electrons. The lowest BCUT2D eigenvalue weighted by atomic mass is 9.99. The first-order valence-electron chi connectivity index (χ1n) is 11.5. The van der Waals surface area contributed by atoms with Gasteiger partial charge in [0.2, 0.25) is 0 Å². The van der Waals surface area contributed by atoms with Gasteiger partial charge in [-0.1, -0.05) is 48.5 Å². The fraction of sp³-hybridized carbons (Fsp3) is 0.138. The number of aromatic nitrogens is 2. The van der Waals surface area contributed by atoms with Crippen molar-refractivity contribution in [1.82, 2.24) is 9.78 Å². The summed E-state index contributed by atoms with van der Waals surface area (Å²) in [6, 6.07) is 22.5. The minimum absolute atomic E-state index is 0.0394. The van der Waals surface area contributed by atoms with Gasteiger partial charge in [0.05, 0.1) is 27.0 Å². The number of esters is 2. The van der Waals surface area contributed by atoms with E-state index in [1.54, 1.807) is 30.3 Å². The first kappa shape index (κ1) is 23.9. The molecule has 5 aromatic rings. The molecule has 0 aliphatic carbocycles. The van der Waals surface area contributed by atoms with Crippen LogP contribution in [0.1, 0.15) is 26.6 Å².